The van der Waals surface area contributed by atoms with Gasteiger partial charge in [-0.15, -0.1) is 11.3 Å². The fourth-order valence-electron chi connectivity index (χ4n) is 1.34. The van der Waals surface area contributed by atoms with Crippen LogP contribution in [-0.2, 0) is 11.2 Å². The number of rotatable bonds is 3. The first-order valence-electron chi connectivity index (χ1n) is 4.48. The van der Waals surface area contributed by atoms with Crippen molar-refractivity contribution in [1.82, 2.24) is 9.97 Å². The molecular formula is C10H10N2O2S. The fourth-order valence-corrected chi connectivity index (χ4v) is 2.01. The second-order valence-corrected chi connectivity index (χ2v) is 4.15. The summed E-state index contributed by atoms with van der Waals surface area (Å²) < 4.78 is 0. The van der Waals surface area contributed by atoms with E-state index < -0.39 is 5.97 Å². The molecule has 2 N–H and O–H groups in total. The highest BCUT2D eigenvalue weighted by Gasteiger charge is 2.11. The quantitative estimate of drug-likeness (QED) is 0.835. The second kappa shape index (κ2) is 3.86. The minimum absolute atomic E-state index is 0.0340. The van der Waals surface area contributed by atoms with E-state index in [2.05, 4.69) is 9.97 Å². The van der Waals surface area contributed by atoms with Crippen molar-refractivity contribution in [1.29, 1.82) is 0 Å². The van der Waals surface area contributed by atoms with Crippen LogP contribution in [0.1, 0.15) is 11.4 Å². The zero-order chi connectivity index (χ0) is 10.8. The molecule has 0 bridgehead atoms. The van der Waals surface area contributed by atoms with Crippen molar-refractivity contribution >= 4 is 17.3 Å². The number of hydrogen-bond acceptors (Lipinski definition) is 3. The summed E-state index contributed by atoms with van der Waals surface area (Å²) in [7, 11) is 0. The number of aromatic amines is 1. The summed E-state index contributed by atoms with van der Waals surface area (Å²) in [6.45, 7) is 1.84. The molecule has 2 aromatic rings. The lowest BCUT2D eigenvalue weighted by molar-refractivity contribution is -0.136. The van der Waals surface area contributed by atoms with Crippen LogP contribution in [0.15, 0.2) is 17.5 Å². The summed E-state index contributed by atoms with van der Waals surface area (Å²) in [5.74, 6) is -0.110. The van der Waals surface area contributed by atoms with Crippen molar-refractivity contribution in [3.05, 3.63) is 28.9 Å². The van der Waals surface area contributed by atoms with Gasteiger partial charge in [0.05, 0.1) is 17.0 Å². The maximum Gasteiger partial charge on any atom is 0.309 e. The van der Waals surface area contributed by atoms with Crippen molar-refractivity contribution in [2.24, 2.45) is 0 Å². The van der Waals surface area contributed by atoms with Gasteiger partial charge in [0.15, 0.2) is 0 Å². The van der Waals surface area contributed by atoms with Gasteiger partial charge in [-0.3, -0.25) is 4.79 Å². The minimum Gasteiger partial charge on any atom is -0.481 e. The maximum absolute atomic E-state index is 10.6. The zero-order valence-electron chi connectivity index (χ0n) is 8.15. The van der Waals surface area contributed by atoms with Crippen LogP contribution in [0.25, 0.3) is 10.7 Å². The second-order valence-electron chi connectivity index (χ2n) is 3.20. The molecular weight excluding hydrogens is 212 g/mol. The molecule has 0 aliphatic carbocycles. The molecule has 0 spiro atoms. The van der Waals surface area contributed by atoms with Gasteiger partial charge < -0.3 is 10.1 Å². The Morgan fingerprint density at radius 3 is 3.07 bits per heavy atom. The van der Waals surface area contributed by atoms with E-state index in [4.69, 9.17) is 5.11 Å². The predicted molar refractivity (Wildman–Crippen MR) is 58.0 cm³/mol. The molecule has 2 rings (SSSR count). The number of hydrogen-bond donors (Lipinski definition) is 2. The summed E-state index contributed by atoms with van der Waals surface area (Å²) in [6.07, 6.45) is -0.0340. The topological polar surface area (TPSA) is 66.0 Å². The number of nitrogens with one attached hydrogen (secondary N) is 1. The summed E-state index contributed by atoms with van der Waals surface area (Å²) in [5.41, 5.74) is 1.42. The number of thiophene rings is 1. The number of carboxylic acid groups (broad SMARTS) is 1. The third kappa shape index (κ3) is 2.07. The van der Waals surface area contributed by atoms with Crippen molar-refractivity contribution in [3.8, 4) is 10.7 Å². The fraction of sp³-hybridized carbons (Fsp3) is 0.200. The van der Waals surface area contributed by atoms with Crippen LogP contribution in [0.2, 0.25) is 0 Å². The normalized spacial score (nSPS) is 10.5. The predicted octanol–water partition coefficient (Wildman–Crippen LogP) is 2.07. The van der Waals surface area contributed by atoms with Crippen LogP contribution in [0.4, 0.5) is 0 Å². The first-order valence-corrected chi connectivity index (χ1v) is 5.36. The molecule has 0 unspecified atom stereocenters. The van der Waals surface area contributed by atoms with E-state index in [1.54, 1.807) is 11.3 Å². The third-order valence-electron chi connectivity index (χ3n) is 2.06. The van der Waals surface area contributed by atoms with Crippen molar-refractivity contribution in [2.45, 2.75) is 13.3 Å². The number of carbonyl (C=O) groups is 1. The van der Waals surface area contributed by atoms with E-state index in [-0.39, 0.29) is 6.42 Å². The summed E-state index contributed by atoms with van der Waals surface area (Å²) >= 11 is 1.58. The van der Waals surface area contributed by atoms with Gasteiger partial charge in [0, 0.05) is 5.69 Å². The molecule has 0 atom stereocenters. The van der Waals surface area contributed by atoms with Gasteiger partial charge >= 0.3 is 5.97 Å². The highest BCUT2D eigenvalue weighted by atomic mass is 32.1. The average molecular weight is 222 g/mol. The number of aliphatic carboxylic acids is 1. The Balaban J connectivity index is 2.33. The highest BCUT2D eigenvalue weighted by molar-refractivity contribution is 7.13. The van der Waals surface area contributed by atoms with Gasteiger partial charge in [-0.05, 0) is 18.4 Å². The van der Waals surface area contributed by atoms with Crippen LogP contribution in [0, 0.1) is 6.92 Å². The van der Waals surface area contributed by atoms with Gasteiger partial charge in [0.25, 0.3) is 0 Å². The van der Waals surface area contributed by atoms with E-state index in [0.29, 0.717) is 5.69 Å². The van der Waals surface area contributed by atoms with E-state index >= 15 is 0 Å². The van der Waals surface area contributed by atoms with Gasteiger partial charge in [0.1, 0.15) is 5.82 Å². The smallest absolute Gasteiger partial charge is 0.309 e. The molecule has 0 saturated carbocycles. The molecule has 5 heteroatoms. The van der Waals surface area contributed by atoms with E-state index in [9.17, 15) is 4.79 Å². The Bertz CT molecular complexity index is 474. The Labute approximate surface area is 90.6 Å². The third-order valence-corrected chi connectivity index (χ3v) is 2.94. The molecule has 78 valence electrons. The number of aryl methyl sites for hydroxylation is 1. The standard InChI is InChI=1S/C10H10N2O2S/c1-6-7(5-9(13)14)12-10(11-6)8-3-2-4-15-8/h2-4H,5H2,1H3,(H,11,12)(H,13,14). The number of nitrogens with zero attached hydrogens (tertiary/aromatic N) is 1. The first kappa shape index (κ1) is 9.92. The molecule has 0 aliphatic heterocycles. The molecule has 0 amide bonds. The monoisotopic (exact) mass is 222 g/mol. The molecule has 0 aliphatic rings. The van der Waals surface area contributed by atoms with Gasteiger partial charge in [-0.1, -0.05) is 6.07 Å². The Morgan fingerprint density at radius 1 is 1.67 bits per heavy atom. The van der Waals surface area contributed by atoms with Gasteiger partial charge in [-0.2, -0.15) is 0 Å². The number of H-pyrrole nitrogens is 1. The molecule has 2 heterocycles. The molecule has 0 fully saturated rings. The molecule has 0 aromatic carbocycles. The summed E-state index contributed by atoms with van der Waals surface area (Å²) in [5, 5.41) is 10.6. The van der Waals surface area contributed by atoms with Crippen LogP contribution in [0.5, 0.6) is 0 Å². The largest absolute Gasteiger partial charge is 0.481 e. The summed E-state index contributed by atoms with van der Waals surface area (Å²) in [4.78, 5) is 18.9. The molecule has 2 aromatic heterocycles. The Hall–Kier alpha value is -1.62. The number of carboxylic acids is 1. The molecule has 15 heavy (non-hydrogen) atoms. The SMILES string of the molecule is Cc1[nH]c(-c2cccs2)nc1CC(=O)O. The van der Waals surface area contributed by atoms with E-state index in [1.165, 1.54) is 0 Å². The average Bonchev–Trinajstić information content (AvgIpc) is 2.75. The molecule has 0 radical (unpaired) electrons. The lowest BCUT2D eigenvalue weighted by Crippen LogP contribution is -2.01. The van der Waals surface area contributed by atoms with Gasteiger partial charge in [-0.25, -0.2) is 4.98 Å². The number of aromatic nitrogens is 2. The van der Waals surface area contributed by atoms with Crippen LogP contribution in [-0.4, -0.2) is 21.0 Å². The van der Waals surface area contributed by atoms with Crippen molar-refractivity contribution < 1.29 is 9.90 Å². The number of imidazole rings is 1. The molecule has 4 nitrogen and oxygen atoms in total. The van der Waals surface area contributed by atoms with Gasteiger partial charge in [0.2, 0.25) is 0 Å². The van der Waals surface area contributed by atoms with Crippen molar-refractivity contribution in [3.63, 3.8) is 0 Å². The zero-order valence-corrected chi connectivity index (χ0v) is 8.97. The Morgan fingerprint density at radius 2 is 2.47 bits per heavy atom. The van der Waals surface area contributed by atoms with E-state index in [0.717, 1.165) is 16.4 Å². The van der Waals surface area contributed by atoms with Crippen LogP contribution < -0.4 is 0 Å². The summed E-state index contributed by atoms with van der Waals surface area (Å²) in [6, 6.07) is 3.89. The van der Waals surface area contributed by atoms with E-state index in [1.807, 2.05) is 24.4 Å². The maximum atomic E-state index is 10.6. The Kier molecular flexibility index (Phi) is 2.55. The molecule has 0 saturated heterocycles. The lowest BCUT2D eigenvalue weighted by atomic mass is 10.3. The van der Waals surface area contributed by atoms with Crippen LogP contribution >= 0.6 is 11.3 Å². The van der Waals surface area contributed by atoms with Crippen molar-refractivity contribution in [2.75, 3.05) is 0 Å². The first-order chi connectivity index (χ1) is 7.16. The minimum atomic E-state index is -0.859. The lowest BCUT2D eigenvalue weighted by Gasteiger charge is -1.90. The highest BCUT2D eigenvalue weighted by Crippen LogP contribution is 2.22. The van der Waals surface area contributed by atoms with Crippen LogP contribution in [0.3, 0.4) is 0 Å².